The lowest BCUT2D eigenvalue weighted by Crippen LogP contribution is -2.34. The van der Waals surface area contributed by atoms with E-state index in [1.54, 1.807) is 0 Å². The Morgan fingerprint density at radius 3 is 2.35 bits per heavy atom. The van der Waals surface area contributed by atoms with Gasteiger partial charge in [-0.05, 0) is 68.4 Å². The summed E-state index contributed by atoms with van der Waals surface area (Å²) < 4.78 is 0. The number of hydrogen-bond acceptors (Lipinski definition) is 2. The molecule has 2 rings (SSSR count). The van der Waals surface area contributed by atoms with Gasteiger partial charge in [-0.15, -0.1) is 0 Å². The maximum atomic E-state index is 11.7. The number of aryl methyl sites for hydroxylation is 1. The Bertz CT molecular complexity index is 778. The second-order valence-electron chi connectivity index (χ2n) is 6.22. The maximum absolute atomic E-state index is 11.7. The highest BCUT2D eigenvalue weighted by Crippen LogP contribution is 2.19. The van der Waals surface area contributed by atoms with Crippen molar-refractivity contribution >= 4 is 46.3 Å². The number of hydrogen-bond donors (Lipinski definition) is 4. The first kappa shape index (κ1) is 20.0. The summed E-state index contributed by atoms with van der Waals surface area (Å²) in [6.07, 6.45) is 0. The summed E-state index contributed by atoms with van der Waals surface area (Å²) >= 11 is 11.4. The third-order valence-corrected chi connectivity index (χ3v) is 4.17. The third-order valence-electron chi connectivity index (χ3n) is 3.51. The highest BCUT2D eigenvalue weighted by Gasteiger charge is 2.04. The predicted octanol–water partition coefficient (Wildman–Crippen LogP) is 4.66. The molecule has 2 aromatic carbocycles. The van der Waals surface area contributed by atoms with Crippen LogP contribution >= 0.6 is 23.8 Å². The summed E-state index contributed by atoms with van der Waals surface area (Å²) in [6.45, 7) is 6.35. The Hall–Kier alpha value is -2.31. The second-order valence-corrected chi connectivity index (χ2v) is 7.04. The van der Waals surface area contributed by atoms with E-state index < -0.39 is 0 Å². The lowest BCUT2D eigenvalue weighted by atomic mass is 10.2. The number of halogens is 1. The molecule has 0 bridgehead atoms. The fourth-order valence-corrected chi connectivity index (χ4v) is 2.53. The molecule has 0 radical (unpaired) electrons. The van der Waals surface area contributed by atoms with E-state index in [9.17, 15) is 4.79 Å². The molecule has 0 saturated carbocycles. The normalized spacial score (nSPS) is 10.3. The van der Waals surface area contributed by atoms with Crippen LogP contribution in [0.3, 0.4) is 0 Å². The van der Waals surface area contributed by atoms with Crippen LogP contribution in [0.4, 0.5) is 16.2 Å². The minimum Gasteiger partial charge on any atom is -0.358 e. The molecule has 0 atom stereocenters. The summed E-state index contributed by atoms with van der Waals surface area (Å²) in [5.41, 5.74) is 3.65. The first-order valence-electron chi connectivity index (χ1n) is 8.31. The molecule has 0 aliphatic heterocycles. The van der Waals surface area contributed by atoms with Gasteiger partial charge in [0.05, 0.1) is 0 Å². The number of amides is 2. The number of nitrogens with one attached hydrogen (secondary N) is 4. The Labute approximate surface area is 164 Å². The van der Waals surface area contributed by atoms with E-state index in [0.29, 0.717) is 16.7 Å². The number of anilines is 2. The van der Waals surface area contributed by atoms with Crippen molar-refractivity contribution in [1.82, 2.24) is 10.6 Å². The van der Waals surface area contributed by atoms with Crippen LogP contribution in [-0.4, -0.2) is 17.2 Å². The number of benzene rings is 2. The zero-order valence-corrected chi connectivity index (χ0v) is 16.6. The first-order valence-corrected chi connectivity index (χ1v) is 9.09. The van der Waals surface area contributed by atoms with Crippen molar-refractivity contribution in [1.29, 1.82) is 0 Å². The van der Waals surface area contributed by atoms with Crippen molar-refractivity contribution in [3.8, 4) is 0 Å². The van der Waals surface area contributed by atoms with Crippen LogP contribution in [0.2, 0.25) is 5.02 Å². The summed E-state index contributed by atoms with van der Waals surface area (Å²) in [6, 6.07) is 13.2. The molecule has 0 aliphatic carbocycles. The van der Waals surface area contributed by atoms with Crippen molar-refractivity contribution in [3.05, 3.63) is 58.6 Å². The van der Waals surface area contributed by atoms with Gasteiger partial charge in [0.25, 0.3) is 0 Å². The smallest absolute Gasteiger partial charge is 0.319 e. The van der Waals surface area contributed by atoms with Crippen LogP contribution in [0, 0.1) is 6.92 Å². The van der Waals surface area contributed by atoms with Gasteiger partial charge in [0.2, 0.25) is 0 Å². The zero-order chi connectivity index (χ0) is 19.1. The molecule has 26 heavy (non-hydrogen) atoms. The molecule has 2 amide bonds. The minimum atomic E-state index is -0.215. The molecule has 5 nitrogen and oxygen atoms in total. The highest BCUT2D eigenvalue weighted by molar-refractivity contribution is 7.80. The van der Waals surface area contributed by atoms with E-state index in [-0.39, 0.29) is 12.1 Å². The topological polar surface area (TPSA) is 65.2 Å². The highest BCUT2D eigenvalue weighted by atomic mass is 35.5. The lowest BCUT2D eigenvalue weighted by molar-refractivity contribution is 0.250. The van der Waals surface area contributed by atoms with Gasteiger partial charge in [-0.2, -0.15) is 0 Å². The van der Waals surface area contributed by atoms with Gasteiger partial charge in [-0.3, -0.25) is 0 Å². The molecule has 7 heteroatoms. The quantitative estimate of drug-likeness (QED) is 0.560. The van der Waals surface area contributed by atoms with Gasteiger partial charge in [0, 0.05) is 29.0 Å². The third kappa shape index (κ3) is 6.54. The van der Waals surface area contributed by atoms with Crippen molar-refractivity contribution < 1.29 is 4.79 Å². The lowest BCUT2D eigenvalue weighted by Gasteiger charge is -2.12. The van der Waals surface area contributed by atoms with Gasteiger partial charge >= 0.3 is 6.03 Å². The van der Waals surface area contributed by atoms with Crippen LogP contribution in [0.25, 0.3) is 0 Å². The SMILES string of the molecule is Cc1ccc(NC(=S)NCc2ccc(NC(=O)NC(C)C)cc2)cc1Cl. The van der Waals surface area contributed by atoms with Crippen LogP contribution in [0.5, 0.6) is 0 Å². The first-order chi connectivity index (χ1) is 12.3. The number of thiocarbonyl (C=S) groups is 1. The monoisotopic (exact) mass is 390 g/mol. The van der Waals surface area contributed by atoms with E-state index in [0.717, 1.165) is 22.5 Å². The number of rotatable bonds is 5. The van der Waals surface area contributed by atoms with E-state index in [4.69, 9.17) is 23.8 Å². The van der Waals surface area contributed by atoms with Crippen LogP contribution in [-0.2, 0) is 6.54 Å². The number of carbonyl (C=O) groups is 1. The largest absolute Gasteiger partial charge is 0.358 e. The van der Waals surface area contributed by atoms with E-state index in [1.165, 1.54) is 0 Å². The molecule has 2 aromatic rings. The molecule has 0 spiro atoms. The Morgan fingerprint density at radius 2 is 1.73 bits per heavy atom. The molecule has 4 N–H and O–H groups in total. The van der Waals surface area contributed by atoms with E-state index >= 15 is 0 Å². The second kappa shape index (κ2) is 9.40. The number of urea groups is 1. The standard InChI is InChI=1S/C19H23ClN4OS/c1-12(2)22-18(25)23-15-8-5-14(6-9-15)11-21-19(26)24-16-7-4-13(3)17(20)10-16/h4-10,12H,11H2,1-3H3,(H2,21,24,26)(H2,22,23,25). The van der Waals surface area contributed by atoms with Gasteiger partial charge in [0.15, 0.2) is 5.11 Å². The van der Waals surface area contributed by atoms with Gasteiger partial charge in [0.1, 0.15) is 0 Å². The summed E-state index contributed by atoms with van der Waals surface area (Å²) in [5, 5.41) is 13.0. The minimum absolute atomic E-state index is 0.0930. The summed E-state index contributed by atoms with van der Waals surface area (Å²) in [4.78, 5) is 11.7. The van der Waals surface area contributed by atoms with Crippen molar-refractivity contribution in [2.75, 3.05) is 10.6 Å². The molecule has 0 unspecified atom stereocenters. The van der Waals surface area contributed by atoms with Crippen molar-refractivity contribution in [2.45, 2.75) is 33.4 Å². The Balaban J connectivity index is 1.82. The van der Waals surface area contributed by atoms with Gasteiger partial charge in [-0.1, -0.05) is 29.8 Å². The average molecular weight is 391 g/mol. The predicted molar refractivity (Wildman–Crippen MR) is 113 cm³/mol. The van der Waals surface area contributed by atoms with Crippen molar-refractivity contribution in [2.24, 2.45) is 0 Å². The molecule has 0 aromatic heterocycles. The molecular weight excluding hydrogens is 368 g/mol. The van der Waals surface area contributed by atoms with Crippen molar-refractivity contribution in [3.63, 3.8) is 0 Å². The summed E-state index contributed by atoms with van der Waals surface area (Å²) in [7, 11) is 0. The van der Waals surface area contributed by atoms with Crippen LogP contribution in [0.1, 0.15) is 25.0 Å². The maximum Gasteiger partial charge on any atom is 0.319 e. The Morgan fingerprint density at radius 1 is 1.08 bits per heavy atom. The summed E-state index contributed by atoms with van der Waals surface area (Å²) in [5.74, 6) is 0. The van der Waals surface area contributed by atoms with E-state index in [1.807, 2.05) is 63.2 Å². The number of carbonyl (C=O) groups excluding carboxylic acids is 1. The fraction of sp³-hybridized carbons (Fsp3) is 0.263. The molecule has 0 aliphatic rings. The Kier molecular flexibility index (Phi) is 7.24. The van der Waals surface area contributed by atoms with Gasteiger partial charge in [-0.25, -0.2) is 4.79 Å². The molecule has 0 fully saturated rings. The average Bonchev–Trinajstić information content (AvgIpc) is 2.57. The zero-order valence-electron chi connectivity index (χ0n) is 15.0. The van der Waals surface area contributed by atoms with Crippen LogP contribution in [0.15, 0.2) is 42.5 Å². The van der Waals surface area contributed by atoms with Gasteiger partial charge < -0.3 is 21.3 Å². The molecule has 0 heterocycles. The fourth-order valence-electron chi connectivity index (χ4n) is 2.16. The van der Waals surface area contributed by atoms with E-state index in [2.05, 4.69) is 21.3 Å². The van der Waals surface area contributed by atoms with Crippen LogP contribution < -0.4 is 21.3 Å². The molecular formula is C19H23ClN4OS. The molecule has 138 valence electrons. The molecule has 0 saturated heterocycles.